The maximum atomic E-state index is 12.4. The van der Waals surface area contributed by atoms with Gasteiger partial charge in [0, 0.05) is 31.9 Å². The number of aromatic amines is 1. The number of carbonyl (C=O) groups excluding carboxylic acids is 1. The SMILES string of the molecule is Cc1cnn(CCCNC(=O)N(C)C(C)c2cc(-c3ccccc3)n[nH]2)c1. The second-order valence-electron chi connectivity index (χ2n) is 6.73. The van der Waals surface area contributed by atoms with E-state index in [9.17, 15) is 4.79 Å². The number of aryl methyl sites for hydroxylation is 2. The first-order valence-electron chi connectivity index (χ1n) is 9.15. The van der Waals surface area contributed by atoms with Crippen LogP contribution < -0.4 is 5.32 Å². The third kappa shape index (κ3) is 4.75. The molecule has 0 bridgehead atoms. The molecule has 3 rings (SSSR count). The first-order chi connectivity index (χ1) is 13.0. The number of benzene rings is 1. The van der Waals surface area contributed by atoms with Crippen molar-refractivity contribution in [3.63, 3.8) is 0 Å². The summed E-state index contributed by atoms with van der Waals surface area (Å²) in [6.07, 6.45) is 4.66. The zero-order valence-corrected chi connectivity index (χ0v) is 16.0. The van der Waals surface area contributed by atoms with E-state index in [4.69, 9.17) is 0 Å². The fraction of sp³-hybridized carbons (Fsp3) is 0.350. The molecule has 1 atom stereocenters. The summed E-state index contributed by atoms with van der Waals surface area (Å²) in [5.74, 6) is 0. The fourth-order valence-electron chi connectivity index (χ4n) is 2.84. The summed E-state index contributed by atoms with van der Waals surface area (Å²) < 4.78 is 1.89. The minimum atomic E-state index is -0.108. The van der Waals surface area contributed by atoms with Crippen molar-refractivity contribution in [1.82, 2.24) is 30.2 Å². The van der Waals surface area contributed by atoms with E-state index in [1.807, 2.05) is 67.3 Å². The molecular formula is C20H26N6O. The highest BCUT2D eigenvalue weighted by Gasteiger charge is 2.19. The number of rotatable bonds is 7. The van der Waals surface area contributed by atoms with Crippen LogP contribution in [0.3, 0.4) is 0 Å². The van der Waals surface area contributed by atoms with Gasteiger partial charge in [-0.2, -0.15) is 10.2 Å². The summed E-state index contributed by atoms with van der Waals surface area (Å²) in [6, 6.07) is 11.8. The van der Waals surface area contributed by atoms with E-state index >= 15 is 0 Å². The van der Waals surface area contributed by atoms with E-state index in [1.165, 1.54) is 0 Å². The number of hydrogen-bond acceptors (Lipinski definition) is 3. The number of urea groups is 1. The summed E-state index contributed by atoms with van der Waals surface area (Å²) in [6.45, 7) is 5.39. The quantitative estimate of drug-likeness (QED) is 0.629. The Labute approximate surface area is 159 Å². The predicted molar refractivity (Wildman–Crippen MR) is 105 cm³/mol. The molecule has 0 saturated heterocycles. The van der Waals surface area contributed by atoms with Gasteiger partial charge in [-0.05, 0) is 31.9 Å². The molecule has 0 aliphatic heterocycles. The molecule has 0 spiro atoms. The average molecular weight is 366 g/mol. The highest BCUT2D eigenvalue weighted by Crippen LogP contribution is 2.22. The van der Waals surface area contributed by atoms with Crippen LogP contribution in [0.1, 0.15) is 30.6 Å². The van der Waals surface area contributed by atoms with Gasteiger partial charge in [0.05, 0.1) is 23.6 Å². The summed E-state index contributed by atoms with van der Waals surface area (Å²) in [5.41, 5.74) is 3.97. The molecular weight excluding hydrogens is 340 g/mol. The normalized spacial score (nSPS) is 12.0. The molecule has 1 unspecified atom stereocenters. The minimum Gasteiger partial charge on any atom is -0.338 e. The van der Waals surface area contributed by atoms with Crippen molar-refractivity contribution in [2.75, 3.05) is 13.6 Å². The van der Waals surface area contributed by atoms with E-state index in [0.717, 1.165) is 35.5 Å². The highest BCUT2D eigenvalue weighted by atomic mass is 16.2. The van der Waals surface area contributed by atoms with Gasteiger partial charge >= 0.3 is 6.03 Å². The molecule has 0 aliphatic carbocycles. The van der Waals surface area contributed by atoms with Gasteiger partial charge < -0.3 is 10.2 Å². The smallest absolute Gasteiger partial charge is 0.317 e. The molecule has 7 nitrogen and oxygen atoms in total. The minimum absolute atomic E-state index is 0.102. The van der Waals surface area contributed by atoms with Crippen molar-refractivity contribution in [1.29, 1.82) is 0 Å². The van der Waals surface area contributed by atoms with Gasteiger partial charge in [-0.1, -0.05) is 30.3 Å². The molecule has 2 heterocycles. The Balaban J connectivity index is 1.49. The second kappa shape index (κ2) is 8.53. The van der Waals surface area contributed by atoms with E-state index in [-0.39, 0.29) is 12.1 Å². The molecule has 7 heteroatoms. The van der Waals surface area contributed by atoms with Gasteiger partial charge in [-0.3, -0.25) is 9.78 Å². The lowest BCUT2D eigenvalue weighted by atomic mass is 10.1. The van der Waals surface area contributed by atoms with Gasteiger partial charge in [0.2, 0.25) is 0 Å². The Morgan fingerprint density at radius 1 is 1.33 bits per heavy atom. The Morgan fingerprint density at radius 2 is 2.11 bits per heavy atom. The van der Waals surface area contributed by atoms with Gasteiger partial charge in [0.1, 0.15) is 0 Å². The molecule has 2 aromatic heterocycles. The molecule has 0 aliphatic rings. The van der Waals surface area contributed by atoms with E-state index < -0.39 is 0 Å². The Bertz CT molecular complexity index is 869. The lowest BCUT2D eigenvalue weighted by Gasteiger charge is -2.24. The van der Waals surface area contributed by atoms with Gasteiger partial charge in [0.15, 0.2) is 0 Å². The standard InChI is InChI=1S/C20H26N6O/c1-15-13-22-26(14-15)11-7-10-21-20(27)25(3)16(2)18-12-19(24-23-18)17-8-5-4-6-9-17/h4-6,8-9,12-14,16H,7,10-11H2,1-3H3,(H,21,27)(H,23,24). The Kier molecular flexibility index (Phi) is 5.90. The predicted octanol–water partition coefficient (Wildman–Crippen LogP) is 3.37. The zero-order valence-electron chi connectivity index (χ0n) is 16.0. The summed E-state index contributed by atoms with van der Waals surface area (Å²) in [5, 5.41) is 14.6. The monoisotopic (exact) mass is 366 g/mol. The number of H-pyrrole nitrogens is 1. The summed E-state index contributed by atoms with van der Waals surface area (Å²) >= 11 is 0. The number of carbonyl (C=O) groups is 1. The maximum absolute atomic E-state index is 12.4. The largest absolute Gasteiger partial charge is 0.338 e. The van der Waals surface area contributed by atoms with Crippen molar-refractivity contribution in [2.45, 2.75) is 32.9 Å². The maximum Gasteiger partial charge on any atom is 0.317 e. The van der Waals surface area contributed by atoms with Crippen molar-refractivity contribution in [3.8, 4) is 11.3 Å². The van der Waals surface area contributed by atoms with Crippen LogP contribution in [0.2, 0.25) is 0 Å². The van der Waals surface area contributed by atoms with E-state index in [1.54, 1.807) is 11.9 Å². The number of nitrogens with one attached hydrogen (secondary N) is 2. The average Bonchev–Trinajstić information content (AvgIpc) is 3.34. The first-order valence-corrected chi connectivity index (χ1v) is 9.15. The number of hydrogen-bond donors (Lipinski definition) is 2. The molecule has 2 amide bonds. The van der Waals surface area contributed by atoms with Gasteiger partial charge in [-0.25, -0.2) is 4.79 Å². The van der Waals surface area contributed by atoms with Crippen LogP contribution in [-0.4, -0.2) is 44.5 Å². The lowest BCUT2D eigenvalue weighted by molar-refractivity contribution is 0.193. The van der Waals surface area contributed by atoms with Crippen LogP contribution in [0.4, 0.5) is 4.79 Å². The molecule has 0 fully saturated rings. The van der Waals surface area contributed by atoms with Crippen molar-refractivity contribution >= 4 is 6.03 Å². The Morgan fingerprint density at radius 3 is 2.81 bits per heavy atom. The van der Waals surface area contributed by atoms with Crippen LogP contribution in [0.25, 0.3) is 11.3 Å². The van der Waals surface area contributed by atoms with Crippen LogP contribution in [-0.2, 0) is 6.54 Å². The third-order valence-electron chi connectivity index (χ3n) is 4.62. The second-order valence-corrected chi connectivity index (χ2v) is 6.73. The molecule has 2 N–H and O–H groups in total. The van der Waals surface area contributed by atoms with Gasteiger partial charge in [0.25, 0.3) is 0 Å². The molecule has 3 aromatic rings. The van der Waals surface area contributed by atoms with Crippen LogP contribution in [0, 0.1) is 6.92 Å². The lowest BCUT2D eigenvalue weighted by Crippen LogP contribution is -2.39. The summed E-state index contributed by atoms with van der Waals surface area (Å²) in [4.78, 5) is 14.1. The van der Waals surface area contributed by atoms with Crippen LogP contribution >= 0.6 is 0 Å². The van der Waals surface area contributed by atoms with Crippen molar-refractivity contribution in [2.24, 2.45) is 0 Å². The topological polar surface area (TPSA) is 78.8 Å². The number of nitrogens with zero attached hydrogens (tertiary/aromatic N) is 4. The van der Waals surface area contributed by atoms with Crippen molar-refractivity contribution in [3.05, 3.63) is 60.0 Å². The van der Waals surface area contributed by atoms with E-state index in [0.29, 0.717) is 6.54 Å². The molecule has 1 aromatic carbocycles. The van der Waals surface area contributed by atoms with Crippen LogP contribution in [0.15, 0.2) is 48.8 Å². The zero-order chi connectivity index (χ0) is 19.2. The molecule has 0 saturated carbocycles. The Hall–Kier alpha value is -3.09. The number of aromatic nitrogens is 4. The third-order valence-corrected chi connectivity index (χ3v) is 4.62. The molecule has 0 radical (unpaired) electrons. The first kappa shape index (κ1) is 18.7. The van der Waals surface area contributed by atoms with Gasteiger partial charge in [-0.15, -0.1) is 0 Å². The highest BCUT2D eigenvalue weighted by molar-refractivity contribution is 5.74. The molecule has 142 valence electrons. The number of amides is 2. The van der Waals surface area contributed by atoms with Crippen LogP contribution in [0.5, 0.6) is 0 Å². The molecule has 27 heavy (non-hydrogen) atoms. The van der Waals surface area contributed by atoms with Crippen molar-refractivity contribution < 1.29 is 4.79 Å². The fourth-order valence-corrected chi connectivity index (χ4v) is 2.84. The summed E-state index contributed by atoms with van der Waals surface area (Å²) in [7, 11) is 1.79. The van der Waals surface area contributed by atoms with E-state index in [2.05, 4.69) is 20.6 Å².